The summed E-state index contributed by atoms with van der Waals surface area (Å²) in [4.78, 5) is 5.92. The molecule has 106 valence electrons. The van der Waals surface area contributed by atoms with E-state index < -0.39 is 6.01 Å². The van der Waals surface area contributed by atoms with Gasteiger partial charge in [0.25, 0.3) is 6.01 Å². The number of hydrogen-bond donors (Lipinski definition) is 1. The summed E-state index contributed by atoms with van der Waals surface area (Å²) in [6, 6.07) is 9.67. The number of aromatic amines is 1. The Morgan fingerprint density at radius 1 is 1.29 bits per heavy atom. The summed E-state index contributed by atoms with van der Waals surface area (Å²) in [5.41, 5.74) is 4.88. The molecule has 0 bridgehead atoms. The highest BCUT2D eigenvalue weighted by atomic mass is 19.1. The maximum absolute atomic E-state index is 13.4. The Hall–Kier alpha value is -2.07. The zero-order valence-corrected chi connectivity index (χ0v) is 11.5. The fourth-order valence-corrected chi connectivity index (χ4v) is 3.90. The van der Waals surface area contributed by atoms with Crippen molar-refractivity contribution in [3.63, 3.8) is 0 Å². The van der Waals surface area contributed by atoms with Crippen molar-refractivity contribution in [2.24, 2.45) is 0 Å². The van der Waals surface area contributed by atoms with Gasteiger partial charge in [0, 0.05) is 35.8 Å². The first-order valence-corrected chi connectivity index (χ1v) is 7.40. The second-order valence-corrected chi connectivity index (χ2v) is 6.01. The van der Waals surface area contributed by atoms with Crippen LogP contribution in [0, 0.1) is 6.01 Å². The molecule has 0 aliphatic carbocycles. The maximum atomic E-state index is 13.4. The number of fused-ring (bicyclic) bond motifs is 6. The first-order chi connectivity index (χ1) is 10.3. The van der Waals surface area contributed by atoms with Gasteiger partial charge in [0.05, 0.1) is 6.04 Å². The Bertz CT molecular complexity index is 848. The van der Waals surface area contributed by atoms with Crippen molar-refractivity contribution < 1.29 is 8.81 Å². The third-order valence-corrected chi connectivity index (χ3v) is 4.88. The molecule has 0 radical (unpaired) electrons. The second-order valence-electron chi connectivity index (χ2n) is 6.01. The van der Waals surface area contributed by atoms with E-state index in [1.54, 1.807) is 6.07 Å². The van der Waals surface area contributed by atoms with Crippen LogP contribution < -0.4 is 0 Å². The number of furan rings is 1. The van der Waals surface area contributed by atoms with Gasteiger partial charge in [-0.05, 0) is 30.0 Å². The predicted octanol–water partition coefficient (Wildman–Crippen LogP) is 3.56. The van der Waals surface area contributed by atoms with Gasteiger partial charge in [-0.3, -0.25) is 4.90 Å². The van der Waals surface area contributed by atoms with Crippen molar-refractivity contribution in [3.8, 4) is 0 Å². The Balaban J connectivity index is 1.66. The Morgan fingerprint density at radius 3 is 3.14 bits per heavy atom. The maximum Gasteiger partial charge on any atom is 0.278 e. The van der Waals surface area contributed by atoms with E-state index >= 15 is 0 Å². The van der Waals surface area contributed by atoms with Crippen LogP contribution in [0.15, 0.2) is 34.7 Å². The van der Waals surface area contributed by atoms with Crippen LogP contribution in [0.1, 0.15) is 28.6 Å². The van der Waals surface area contributed by atoms with Crippen molar-refractivity contribution in [1.29, 1.82) is 0 Å². The van der Waals surface area contributed by atoms with Crippen molar-refractivity contribution in [1.82, 2.24) is 9.88 Å². The minimum absolute atomic E-state index is 0.171. The molecule has 0 amide bonds. The largest absolute Gasteiger partial charge is 0.434 e. The number of nitrogens with zero attached hydrogens (tertiary/aromatic N) is 1. The standard InChI is InChI=1S/C17H15FN2O/c18-16-7-10-5-6-20-9-14-12(8-15(20)17(10)21-16)11-3-1-2-4-13(11)19-14/h1-4,7,15,19H,5-6,8-9H2/t15-/m0/s1. The highest BCUT2D eigenvalue weighted by Gasteiger charge is 2.36. The number of rotatable bonds is 0. The van der Waals surface area contributed by atoms with Crippen LogP contribution in [0.2, 0.25) is 0 Å². The Labute approximate surface area is 121 Å². The second kappa shape index (κ2) is 3.98. The minimum atomic E-state index is -0.452. The summed E-state index contributed by atoms with van der Waals surface area (Å²) in [7, 11) is 0. The molecule has 2 aromatic heterocycles. The van der Waals surface area contributed by atoms with E-state index in [0.29, 0.717) is 0 Å². The summed E-state index contributed by atoms with van der Waals surface area (Å²) < 4.78 is 18.8. The van der Waals surface area contributed by atoms with E-state index in [1.807, 2.05) is 0 Å². The van der Waals surface area contributed by atoms with Gasteiger partial charge in [0.1, 0.15) is 5.76 Å². The molecule has 3 nitrogen and oxygen atoms in total. The molecule has 0 saturated carbocycles. The Kier molecular flexibility index (Phi) is 2.19. The van der Waals surface area contributed by atoms with Crippen molar-refractivity contribution in [2.45, 2.75) is 25.4 Å². The summed E-state index contributed by atoms with van der Waals surface area (Å²) in [6.45, 7) is 1.85. The topological polar surface area (TPSA) is 32.2 Å². The van der Waals surface area contributed by atoms with Crippen molar-refractivity contribution in [3.05, 3.63) is 58.9 Å². The fourth-order valence-electron chi connectivity index (χ4n) is 3.90. The Morgan fingerprint density at radius 2 is 2.19 bits per heavy atom. The van der Waals surface area contributed by atoms with Crippen LogP contribution in [0.5, 0.6) is 0 Å². The normalized spacial score (nSPS) is 21.1. The molecule has 2 aliphatic rings. The van der Waals surface area contributed by atoms with Crippen LogP contribution in [0.3, 0.4) is 0 Å². The van der Waals surface area contributed by atoms with E-state index in [-0.39, 0.29) is 6.04 Å². The van der Waals surface area contributed by atoms with Crippen molar-refractivity contribution >= 4 is 10.9 Å². The molecule has 1 N–H and O–H groups in total. The molecule has 0 unspecified atom stereocenters. The SMILES string of the molecule is Fc1cc2c(o1)[C@@H]1Cc3c([nH]c4ccccc34)CN1CC2. The number of aromatic nitrogens is 1. The number of H-pyrrole nitrogens is 1. The zero-order valence-electron chi connectivity index (χ0n) is 11.5. The number of hydrogen-bond acceptors (Lipinski definition) is 2. The van der Waals surface area contributed by atoms with Crippen LogP contribution in [-0.2, 0) is 19.4 Å². The average molecular weight is 282 g/mol. The lowest BCUT2D eigenvalue weighted by molar-refractivity contribution is 0.130. The molecule has 3 aromatic rings. The fraction of sp³-hybridized carbons (Fsp3) is 0.294. The molecule has 2 aliphatic heterocycles. The lowest BCUT2D eigenvalue weighted by Gasteiger charge is -2.37. The average Bonchev–Trinajstić information content (AvgIpc) is 3.04. The number of nitrogens with one attached hydrogen (secondary N) is 1. The van der Waals surface area contributed by atoms with E-state index in [2.05, 4.69) is 34.1 Å². The summed E-state index contributed by atoms with van der Waals surface area (Å²) in [5, 5.41) is 1.28. The number of halogens is 1. The van der Waals surface area contributed by atoms with Gasteiger partial charge < -0.3 is 9.40 Å². The van der Waals surface area contributed by atoms with Crippen LogP contribution in [0.4, 0.5) is 4.39 Å². The summed E-state index contributed by atoms with van der Waals surface area (Å²) >= 11 is 0. The molecule has 4 heterocycles. The first-order valence-electron chi connectivity index (χ1n) is 7.40. The molecular weight excluding hydrogens is 267 g/mol. The van der Waals surface area contributed by atoms with Gasteiger partial charge >= 0.3 is 0 Å². The van der Waals surface area contributed by atoms with E-state index in [9.17, 15) is 4.39 Å². The smallest absolute Gasteiger partial charge is 0.278 e. The zero-order chi connectivity index (χ0) is 14.0. The number of benzene rings is 1. The number of para-hydroxylation sites is 1. The first kappa shape index (κ1) is 11.6. The molecule has 0 spiro atoms. The monoisotopic (exact) mass is 282 g/mol. The highest BCUT2D eigenvalue weighted by Crippen LogP contribution is 2.41. The molecule has 1 atom stereocenters. The molecule has 5 rings (SSSR count). The van der Waals surface area contributed by atoms with Crippen LogP contribution in [0.25, 0.3) is 10.9 Å². The molecule has 0 fully saturated rings. The lowest BCUT2D eigenvalue weighted by Crippen LogP contribution is -2.38. The third-order valence-electron chi connectivity index (χ3n) is 4.88. The summed E-state index contributed by atoms with van der Waals surface area (Å²) in [6.07, 6.45) is 1.76. The molecule has 1 aromatic carbocycles. The van der Waals surface area contributed by atoms with Gasteiger partial charge in [-0.1, -0.05) is 18.2 Å². The van der Waals surface area contributed by atoms with Crippen molar-refractivity contribution in [2.75, 3.05) is 6.54 Å². The quantitative estimate of drug-likeness (QED) is 0.684. The van der Waals surface area contributed by atoms with Gasteiger partial charge in [-0.15, -0.1) is 0 Å². The minimum Gasteiger partial charge on any atom is -0.434 e. The third kappa shape index (κ3) is 1.56. The predicted molar refractivity (Wildman–Crippen MR) is 77.5 cm³/mol. The van der Waals surface area contributed by atoms with Crippen LogP contribution >= 0.6 is 0 Å². The van der Waals surface area contributed by atoms with E-state index in [1.165, 1.54) is 22.2 Å². The molecule has 0 saturated heterocycles. The lowest BCUT2D eigenvalue weighted by atomic mass is 9.90. The van der Waals surface area contributed by atoms with Gasteiger partial charge in [0.15, 0.2) is 0 Å². The van der Waals surface area contributed by atoms with Gasteiger partial charge in [-0.25, -0.2) is 0 Å². The molecular formula is C17H15FN2O. The molecule has 4 heteroatoms. The van der Waals surface area contributed by atoms with E-state index in [0.717, 1.165) is 37.3 Å². The molecule has 21 heavy (non-hydrogen) atoms. The van der Waals surface area contributed by atoms with Gasteiger partial charge in [0.2, 0.25) is 0 Å². The van der Waals surface area contributed by atoms with Gasteiger partial charge in [-0.2, -0.15) is 4.39 Å². The highest BCUT2D eigenvalue weighted by molar-refractivity contribution is 5.85. The van der Waals surface area contributed by atoms with Crippen LogP contribution in [-0.4, -0.2) is 16.4 Å². The van der Waals surface area contributed by atoms with E-state index in [4.69, 9.17) is 4.42 Å². The summed E-state index contributed by atoms with van der Waals surface area (Å²) in [5.74, 6) is 0.828.